The number of halogens is 1. The lowest BCUT2D eigenvalue weighted by atomic mass is 9.81. The summed E-state index contributed by atoms with van der Waals surface area (Å²) in [6.45, 7) is 1.48. The molecule has 1 aromatic heterocycles. The van der Waals surface area contributed by atoms with E-state index in [1.807, 2.05) is 72.8 Å². The van der Waals surface area contributed by atoms with Gasteiger partial charge in [0.2, 0.25) is 11.8 Å². The van der Waals surface area contributed by atoms with E-state index in [2.05, 4.69) is 10.6 Å². The van der Waals surface area contributed by atoms with Crippen molar-refractivity contribution in [2.24, 2.45) is 11.8 Å². The molecule has 0 saturated heterocycles. The highest BCUT2D eigenvalue weighted by Crippen LogP contribution is 2.31. The number of nitrogens with zero attached hydrogens (tertiary/aromatic N) is 2. The number of amides is 2. The predicted octanol–water partition coefficient (Wildman–Crippen LogP) is 5.62. The maximum atomic E-state index is 13.6. The lowest BCUT2D eigenvalue weighted by Gasteiger charge is -2.28. The second kappa shape index (κ2) is 14.5. The fourth-order valence-corrected chi connectivity index (χ4v) is 6.47. The SMILES string of the molecule is O=C(CSc1nc2ccccc2c(=O)n1CC1CCC(C(=O)NCc2ccccc2Cl)CC1)NCCc1ccccc1. The minimum absolute atomic E-state index is 0.0485. The summed E-state index contributed by atoms with van der Waals surface area (Å²) in [7, 11) is 0. The van der Waals surface area contributed by atoms with E-state index in [1.165, 1.54) is 17.3 Å². The van der Waals surface area contributed by atoms with Gasteiger partial charge in [-0.1, -0.05) is 84.0 Å². The van der Waals surface area contributed by atoms with Gasteiger partial charge in [-0.15, -0.1) is 0 Å². The normalized spacial score (nSPS) is 16.7. The molecule has 3 aromatic carbocycles. The molecule has 2 amide bonds. The highest BCUT2D eigenvalue weighted by molar-refractivity contribution is 7.99. The zero-order valence-corrected chi connectivity index (χ0v) is 25.0. The standard InChI is InChI=1S/C33H35ClN4O3S/c34-28-12-6-4-10-26(28)20-36-31(40)25-16-14-24(15-17-25)21-38-32(41)27-11-5-7-13-29(27)37-33(38)42-22-30(39)35-19-18-23-8-2-1-3-9-23/h1-13,24-25H,14-22H2,(H,35,39)(H,36,40). The van der Waals surface area contributed by atoms with Gasteiger partial charge < -0.3 is 10.6 Å². The van der Waals surface area contributed by atoms with Crippen molar-refractivity contribution in [2.45, 2.75) is 50.4 Å². The first-order valence-electron chi connectivity index (χ1n) is 14.4. The van der Waals surface area contributed by atoms with Crippen LogP contribution in [-0.2, 0) is 29.1 Å². The van der Waals surface area contributed by atoms with Gasteiger partial charge in [-0.05, 0) is 67.3 Å². The molecule has 4 aromatic rings. The van der Waals surface area contributed by atoms with Crippen LogP contribution in [-0.4, -0.2) is 33.7 Å². The van der Waals surface area contributed by atoms with Crippen LogP contribution in [0, 0.1) is 11.8 Å². The van der Waals surface area contributed by atoms with E-state index in [4.69, 9.17) is 16.6 Å². The molecular formula is C33H35ClN4O3S. The van der Waals surface area contributed by atoms with E-state index < -0.39 is 0 Å². The summed E-state index contributed by atoms with van der Waals surface area (Å²) in [5, 5.41) is 7.78. The molecule has 0 spiro atoms. The second-order valence-electron chi connectivity index (χ2n) is 10.7. The number of carbonyl (C=O) groups is 2. The van der Waals surface area contributed by atoms with E-state index in [0.717, 1.165) is 37.7 Å². The Balaban J connectivity index is 1.18. The van der Waals surface area contributed by atoms with Gasteiger partial charge in [0.05, 0.1) is 16.7 Å². The number of hydrogen-bond donors (Lipinski definition) is 2. The Hall–Kier alpha value is -3.62. The first-order valence-corrected chi connectivity index (χ1v) is 15.8. The molecule has 1 aliphatic rings. The molecule has 7 nitrogen and oxygen atoms in total. The number of nitrogens with one attached hydrogen (secondary N) is 2. The van der Waals surface area contributed by atoms with Crippen molar-refractivity contribution in [3.8, 4) is 0 Å². The Bertz CT molecular complexity index is 1590. The second-order valence-corrected chi connectivity index (χ2v) is 12.1. The van der Waals surface area contributed by atoms with Crippen molar-refractivity contribution >= 4 is 46.1 Å². The van der Waals surface area contributed by atoms with Crippen LogP contribution >= 0.6 is 23.4 Å². The van der Waals surface area contributed by atoms with Crippen molar-refractivity contribution in [3.63, 3.8) is 0 Å². The summed E-state index contributed by atoms with van der Waals surface area (Å²) >= 11 is 7.52. The zero-order chi connectivity index (χ0) is 29.3. The first-order chi connectivity index (χ1) is 20.5. The molecule has 218 valence electrons. The zero-order valence-electron chi connectivity index (χ0n) is 23.4. The fourth-order valence-electron chi connectivity index (χ4n) is 5.42. The van der Waals surface area contributed by atoms with Gasteiger partial charge in [0.1, 0.15) is 0 Å². The Morgan fingerprint density at radius 1 is 0.905 bits per heavy atom. The fraction of sp³-hybridized carbons (Fsp3) is 0.333. The smallest absolute Gasteiger partial charge is 0.262 e. The van der Waals surface area contributed by atoms with Crippen LogP contribution in [0.1, 0.15) is 36.8 Å². The molecule has 0 bridgehead atoms. The van der Waals surface area contributed by atoms with Gasteiger partial charge in [-0.2, -0.15) is 0 Å². The van der Waals surface area contributed by atoms with Gasteiger partial charge in [-0.25, -0.2) is 4.98 Å². The number of aromatic nitrogens is 2. The van der Waals surface area contributed by atoms with Crippen LogP contribution in [0.5, 0.6) is 0 Å². The molecule has 0 atom stereocenters. The molecule has 9 heteroatoms. The molecule has 0 radical (unpaired) electrons. The number of para-hydroxylation sites is 1. The van der Waals surface area contributed by atoms with Crippen LogP contribution in [0.25, 0.3) is 10.9 Å². The number of carbonyl (C=O) groups excluding carboxylic acids is 2. The summed E-state index contributed by atoms with van der Waals surface area (Å²) in [4.78, 5) is 43.8. The quantitative estimate of drug-likeness (QED) is 0.172. The Kier molecular flexibility index (Phi) is 10.3. The van der Waals surface area contributed by atoms with Gasteiger partial charge in [-0.3, -0.25) is 19.0 Å². The monoisotopic (exact) mass is 602 g/mol. The topological polar surface area (TPSA) is 93.1 Å². The van der Waals surface area contributed by atoms with E-state index in [-0.39, 0.29) is 35.0 Å². The molecule has 1 fully saturated rings. The van der Waals surface area contributed by atoms with E-state index in [0.29, 0.717) is 40.7 Å². The third kappa shape index (κ3) is 7.81. The summed E-state index contributed by atoms with van der Waals surface area (Å²) in [5.41, 5.74) is 2.61. The number of rotatable bonds is 11. The maximum Gasteiger partial charge on any atom is 0.262 e. The average molecular weight is 603 g/mol. The first kappa shape index (κ1) is 29.9. The molecule has 1 saturated carbocycles. The number of benzene rings is 3. The van der Waals surface area contributed by atoms with Crippen molar-refractivity contribution in [3.05, 3.63) is 105 Å². The molecule has 1 aliphatic carbocycles. The van der Waals surface area contributed by atoms with Crippen LogP contribution < -0.4 is 16.2 Å². The number of thioether (sulfide) groups is 1. The highest BCUT2D eigenvalue weighted by Gasteiger charge is 2.27. The van der Waals surface area contributed by atoms with Gasteiger partial charge in [0.25, 0.3) is 5.56 Å². The van der Waals surface area contributed by atoms with Gasteiger partial charge in [0, 0.05) is 30.6 Å². The largest absolute Gasteiger partial charge is 0.355 e. The minimum Gasteiger partial charge on any atom is -0.355 e. The Morgan fingerprint density at radius 3 is 2.40 bits per heavy atom. The maximum absolute atomic E-state index is 13.6. The Morgan fingerprint density at radius 2 is 1.62 bits per heavy atom. The van der Waals surface area contributed by atoms with Gasteiger partial charge >= 0.3 is 0 Å². The molecule has 5 rings (SSSR count). The lowest BCUT2D eigenvalue weighted by molar-refractivity contribution is -0.126. The molecule has 42 heavy (non-hydrogen) atoms. The highest BCUT2D eigenvalue weighted by atomic mass is 35.5. The molecular weight excluding hydrogens is 568 g/mol. The predicted molar refractivity (Wildman–Crippen MR) is 169 cm³/mol. The Labute approximate surface area is 255 Å². The van der Waals surface area contributed by atoms with Crippen LogP contribution in [0.3, 0.4) is 0 Å². The third-order valence-electron chi connectivity index (χ3n) is 7.81. The van der Waals surface area contributed by atoms with Crippen molar-refractivity contribution in [2.75, 3.05) is 12.3 Å². The molecule has 0 aliphatic heterocycles. The molecule has 1 heterocycles. The van der Waals surface area contributed by atoms with Crippen molar-refractivity contribution < 1.29 is 9.59 Å². The minimum atomic E-state index is -0.0906. The van der Waals surface area contributed by atoms with Gasteiger partial charge in [0.15, 0.2) is 5.16 Å². The average Bonchev–Trinajstić information content (AvgIpc) is 3.02. The molecule has 2 N–H and O–H groups in total. The number of hydrogen-bond acceptors (Lipinski definition) is 5. The number of fused-ring (bicyclic) bond motifs is 1. The van der Waals surface area contributed by atoms with Crippen LogP contribution in [0.15, 0.2) is 88.8 Å². The molecule has 0 unspecified atom stereocenters. The lowest BCUT2D eigenvalue weighted by Crippen LogP contribution is -2.34. The van der Waals surface area contributed by atoms with E-state index in [9.17, 15) is 14.4 Å². The summed E-state index contributed by atoms with van der Waals surface area (Å²) in [6.07, 6.45) is 3.97. The van der Waals surface area contributed by atoms with Crippen LogP contribution in [0.4, 0.5) is 0 Å². The van der Waals surface area contributed by atoms with E-state index in [1.54, 1.807) is 10.6 Å². The summed E-state index contributed by atoms with van der Waals surface area (Å²) < 4.78 is 1.73. The van der Waals surface area contributed by atoms with Crippen molar-refractivity contribution in [1.82, 2.24) is 20.2 Å². The summed E-state index contributed by atoms with van der Waals surface area (Å²) in [5.74, 6) is 0.333. The van der Waals surface area contributed by atoms with Crippen LogP contribution in [0.2, 0.25) is 5.02 Å². The third-order valence-corrected chi connectivity index (χ3v) is 9.15. The summed E-state index contributed by atoms with van der Waals surface area (Å²) in [6, 6.07) is 24.9. The van der Waals surface area contributed by atoms with E-state index >= 15 is 0 Å². The van der Waals surface area contributed by atoms with Crippen molar-refractivity contribution in [1.29, 1.82) is 0 Å².